The first-order valence-electron chi connectivity index (χ1n) is 12.5. The van der Waals surface area contributed by atoms with Gasteiger partial charge in [-0.05, 0) is 43.2 Å². The van der Waals surface area contributed by atoms with Crippen molar-refractivity contribution >= 4 is 28.4 Å². The molecule has 1 aromatic heterocycles. The van der Waals surface area contributed by atoms with Gasteiger partial charge in [0.2, 0.25) is 0 Å². The molecule has 0 spiro atoms. The summed E-state index contributed by atoms with van der Waals surface area (Å²) in [5, 5.41) is 11.1. The Bertz CT molecular complexity index is 1350. The summed E-state index contributed by atoms with van der Waals surface area (Å²) in [6.45, 7) is 11.1. The number of hydrogen-bond donors (Lipinski definition) is 2. The van der Waals surface area contributed by atoms with Gasteiger partial charge in [-0.25, -0.2) is 4.79 Å². The first-order chi connectivity index (χ1) is 17.1. The molecule has 3 aromatic rings. The Labute approximate surface area is 211 Å². The van der Waals surface area contributed by atoms with Crippen molar-refractivity contribution in [2.45, 2.75) is 51.9 Å². The van der Waals surface area contributed by atoms with Gasteiger partial charge in [-0.1, -0.05) is 44.2 Å². The quantitative estimate of drug-likeness (QED) is 0.560. The number of aromatic amines is 1. The summed E-state index contributed by atoms with van der Waals surface area (Å²) in [5.74, 6) is -1.27. The van der Waals surface area contributed by atoms with E-state index in [1.165, 1.54) is 6.20 Å². The molecule has 0 aliphatic carbocycles. The van der Waals surface area contributed by atoms with Crippen LogP contribution in [-0.2, 0) is 21.5 Å². The van der Waals surface area contributed by atoms with Crippen LogP contribution < -0.4 is 0 Å². The van der Waals surface area contributed by atoms with E-state index in [0.29, 0.717) is 17.8 Å². The molecule has 36 heavy (non-hydrogen) atoms. The second kappa shape index (κ2) is 9.22. The monoisotopic (exact) mass is 487 g/mol. The Morgan fingerprint density at radius 3 is 2.53 bits per heavy atom. The first-order valence-corrected chi connectivity index (χ1v) is 12.5. The summed E-state index contributed by atoms with van der Waals surface area (Å²) in [4.78, 5) is 33.3. The second-order valence-electron chi connectivity index (χ2n) is 10.7. The van der Waals surface area contributed by atoms with Crippen molar-refractivity contribution in [1.29, 1.82) is 0 Å². The predicted octanol–water partition coefficient (Wildman–Crippen LogP) is 4.64. The van der Waals surface area contributed by atoms with Crippen LogP contribution in [0.25, 0.3) is 16.5 Å². The number of carbonyl (C=O) groups excluding carboxylic acids is 1. The van der Waals surface area contributed by atoms with E-state index in [1.807, 2.05) is 42.5 Å². The molecule has 2 aromatic carbocycles. The van der Waals surface area contributed by atoms with Crippen LogP contribution >= 0.6 is 0 Å². The van der Waals surface area contributed by atoms with Gasteiger partial charge in [0.1, 0.15) is 0 Å². The molecule has 1 amide bonds. The van der Waals surface area contributed by atoms with E-state index in [1.54, 1.807) is 11.0 Å². The van der Waals surface area contributed by atoms with E-state index < -0.39 is 11.4 Å². The zero-order chi connectivity index (χ0) is 25.6. The molecule has 0 unspecified atom stereocenters. The summed E-state index contributed by atoms with van der Waals surface area (Å²) in [5.41, 5.74) is 3.59. The van der Waals surface area contributed by atoms with E-state index in [0.717, 1.165) is 41.7 Å². The minimum atomic E-state index is -1.07. The first kappa shape index (κ1) is 24.3. The molecule has 0 radical (unpaired) electrons. The van der Waals surface area contributed by atoms with Crippen LogP contribution in [0, 0.1) is 0 Å². The molecule has 3 heterocycles. The Morgan fingerprint density at radius 2 is 1.81 bits per heavy atom. The number of rotatable bonds is 4. The summed E-state index contributed by atoms with van der Waals surface area (Å²) in [7, 11) is 0. The lowest BCUT2D eigenvalue weighted by Gasteiger charge is -2.35. The zero-order valence-electron chi connectivity index (χ0n) is 21.2. The third-order valence-electron chi connectivity index (χ3n) is 7.07. The van der Waals surface area contributed by atoms with Gasteiger partial charge >= 0.3 is 5.97 Å². The van der Waals surface area contributed by atoms with Gasteiger partial charge in [0, 0.05) is 54.3 Å². The lowest BCUT2D eigenvalue weighted by Crippen LogP contribution is -2.44. The lowest BCUT2D eigenvalue weighted by atomic mass is 9.81. The maximum atomic E-state index is 13.7. The fourth-order valence-electron chi connectivity index (χ4n) is 5.75. The van der Waals surface area contributed by atoms with Crippen molar-refractivity contribution in [2.24, 2.45) is 0 Å². The molecule has 5 rings (SSSR count). The van der Waals surface area contributed by atoms with Gasteiger partial charge in [0.15, 0.2) is 0 Å². The predicted molar refractivity (Wildman–Crippen MR) is 140 cm³/mol. The van der Waals surface area contributed by atoms with Crippen molar-refractivity contribution < 1.29 is 19.4 Å². The van der Waals surface area contributed by atoms with Crippen molar-refractivity contribution in [3.8, 4) is 0 Å². The number of morpholine rings is 1. The average molecular weight is 488 g/mol. The molecule has 188 valence electrons. The molecule has 0 saturated carbocycles. The number of H-pyrrole nitrogens is 1. The number of aromatic nitrogens is 1. The third-order valence-corrected chi connectivity index (χ3v) is 7.07. The number of nitrogens with zero attached hydrogens (tertiary/aromatic N) is 2. The van der Waals surface area contributed by atoms with Crippen molar-refractivity contribution in [1.82, 2.24) is 14.8 Å². The summed E-state index contributed by atoms with van der Waals surface area (Å²) >= 11 is 0. The van der Waals surface area contributed by atoms with Crippen LogP contribution in [0.2, 0.25) is 0 Å². The number of hydrogen-bond acceptors (Lipinski definition) is 4. The van der Waals surface area contributed by atoms with Crippen LogP contribution in [0.1, 0.15) is 54.9 Å². The van der Waals surface area contributed by atoms with Gasteiger partial charge in [0.25, 0.3) is 5.91 Å². The summed E-state index contributed by atoms with van der Waals surface area (Å²) in [6.07, 6.45) is 1.84. The molecule has 2 N–H and O–H groups in total. The maximum Gasteiger partial charge on any atom is 0.339 e. The molecular weight excluding hydrogens is 454 g/mol. The van der Waals surface area contributed by atoms with Crippen LogP contribution in [-0.4, -0.2) is 63.6 Å². The van der Waals surface area contributed by atoms with Crippen LogP contribution in [0.3, 0.4) is 0 Å². The number of ether oxygens (including phenoxy) is 1. The van der Waals surface area contributed by atoms with E-state index >= 15 is 0 Å². The number of para-hydroxylation sites is 1. The number of aliphatic carboxylic acids is 1. The molecule has 1 fully saturated rings. The standard InChI is InChI=1S/C29H33N3O4/c1-18-13-31(14-19(2)36-18)15-20-8-7-9-21(12-20)27(33)32-16-23(28(34)35)26-25(29(3,4)17-32)22-10-5-6-11-24(22)30-26/h5-12,16,18-19,30H,13-15,17H2,1-4H3,(H,34,35)/t18-,19-/m1/s1. The lowest BCUT2D eigenvalue weighted by molar-refractivity contribution is -0.130. The number of nitrogens with one attached hydrogen (secondary N) is 1. The number of carbonyl (C=O) groups is 2. The number of carboxylic acids is 1. The number of benzene rings is 2. The second-order valence-corrected chi connectivity index (χ2v) is 10.7. The molecule has 1 saturated heterocycles. The topological polar surface area (TPSA) is 85.9 Å². The van der Waals surface area contributed by atoms with Gasteiger partial charge < -0.3 is 19.7 Å². The van der Waals surface area contributed by atoms with Crippen molar-refractivity contribution in [3.05, 3.63) is 77.1 Å². The Balaban J connectivity index is 1.47. The highest BCUT2D eigenvalue weighted by Crippen LogP contribution is 2.40. The smallest absolute Gasteiger partial charge is 0.339 e. The largest absolute Gasteiger partial charge is 0.478 e. The zero-order valence-corrected chi connectivity index (χ0v) is 21.2. The third kappa shape index (κ3) is 4.56. The Kier molecular flexibility index (Phi) is 6.22. The number of carboxylic acid groups (broad SMARTS) is 1. The molecule has 2 atom stereocenters. The van der Waals surface area contributed by atoms with E-state index in [-0.39, 0.29) is 23.7 Å². The molecular formula is C29H33N3O4. The van der Waals surface area contributed by atoms with Crippen LogP contribution in [0.15, 0.2) is 54.7 Å². The maximum absolute atomic E-state index is 13.7. The Morgan fingerprint density at radius 1 is 1.08 bits per heavy atom. The van der Waals surface area contributed by atoms with Crippen molar-refractivity contribution in [3.63, 3.8) is 0 Å². The molecule has 0 bridgehead atoms. The van der Waals surface area contributed by atoms with Gasteiger partial charge in [-0.15, -0.1) is 0 Å². The molecule has 7 heteroatoms. The highest BCUT2D eigenvalue weighted by atomic mass is 16.5. The van der Waals surface area contributed by atoms with Gasteiger partial charge in [0.05, 0.1) is 23.5 Å². The fraction of sp³-hybridized carbons (Fsp3) is 0.379. The molecule has 2 aliphatic rings. The highest BCUT2D eigenvalue weighted by molar-refractivity contribution is 6.17. The minimum absolute atomic E-state index is 0.0903. The summed E-state index contributed by atoms with van der Waals surface area (Å²) in [6, 6.07) is 15.5. The van der Waals surface area contributed by atoms with E-state index in [9.17, 15) is 14.7 Å². The average Bonchev–Trinajstić information content (AvgIpc) is 3.15. The van der Waals surface area contributed by atoms with Gasteiger partial charge in [-0.2, -0.15) is 0 Å². The van der Waals surface area contributed by atoms with Crippen LogP contribution in [0.4, 0.5) is 0 Å². The van der Waals surface area contributed by atoms with Crippen molar-refractivity contribution in [2.75, 3.05) is 19.6 Å². The minimum Gasteiger partial charge on any atom is -0.478 e. The summed E-state index contributed by atoms with van der Waals surface area (Å²) < 4.78 is 5.84. The fourth-order valence-corrected chi connectivity index (χ4v) is 5.75. The van der Waals surface area contributed by atoms with Crippen LogP contribution in [0.5, 0.6) is 0 Å². The highest BCUT2D eigenvalue weighted by Gasteiger charge is 2.37. The van der Waals surface area contributed by atoms with E-state index in [4.69, 9.17) is 4.74 Å². The SMILES string of the molecule is C[C@@H]1CN(Cc2cccc(C(=O)N3C=C(C(=O)O)c4[nH]c5ccccc5c4C(C)(C)C3)c2)C[C@@H](C)O1. The normalized spacial score (nSPS) is 22.1. The molecule has 7 nitrogen and oxygen atoms in total. The number of amides is 1. The van der Waals surface area contributed by atoms with E-state index in [2.05, 4.69) is 37.6 Å². The Hall–Kier alpha value is -3.42. The van der Waals surface area contributed by atoms with Gasteiger partial charge in [-0.3, -0.25) is 9.69 Å². The number of fused-ring (bicyclic) bond motifs is 3. The molecule has 2 aliphatic heterocycles.